The van der Waals surface area contributed by atoms with Crippen LogP contribution in [0.15, 0.2) is 55.1 Å². The normalized spacial score (nSPS) is 14.3. The molecular weight excluding hydrogens is 559 g/mol. The van der Waals surface area contributed by atoms with Crippen molar-refractivity contribution in [3.05, 3.63) is 55.1 Å². The second-order valence-corrected chi connectivity index (χ2v) is 11.1. The van der Waals surface area contributed by atoms with Crippen molar-refractivity contribution in [2.24, 2.45) is 0 Å². The van der Waals surface area contributed by atoms with Gasteiger partial charge in [0.1, 0.15) is 23.9 Å². The number of nitrogen functional groups attached to an aromatic ring is 1. The van der Waals surface area contributed by atoms with E-state index in [0.29, 0.717) is 35.6 Å². The Kier molecular flexibility index (Phi) is 11.9. The maximum absolute atomic E-state index is 14.1. The summed E-state index contributed by atoms with van der Waals surface area (Å²) in [7, 11) is -3.80. The highest BCUT2D eigenvalue weighted by Gasteiger charge is 2.40. The van der Waals surface area contributed by atoms with E-state index in [1.165, 1.54) is 17.9 Å². The fourth-order valence-corrected chi connectivity index (χ4v) is 6.18. The number of carboxylic acids is 3. The number of aliphatic carboxylic acids is 3. The van der Waals surface area contributed by atoms with Crippen molar-refractivity contribution in [2.45, 2.75) is 52.4 Å². The van der Waals surface area contributed by atoms with Crippen molar-refractivity contribution < 1.29 is 43.5 Å². The lowest BCUT2D eigenvalue weighted by Crippen LogP contribution is -2.48. The summed E-state index contributed by atoms with van der Waals surface area (Å²) in [6, 6.07) is 7.01. The molecule has 0 saturated heterocycles. The van der Waals surface area contributed by atoms with Gasteiger partial charge in [-0.2, -0.15) is 0 Å². The number of para-hydroxylation sites is 1. The number of carboxylic acid groups (broad SMARTS) is 3. The Morgan fingerprint density at radius 3 is 2.22 bits per heavy atom. The van der Waals surface area contributed by atoms with Gasteiger partial charge >= 0.3 is 19.5 Å². The summed E-state index contributed by atoms with van der Waals surface area (Å²) in [6.07, 6.45) is 3.28. The average molecular weight is 592 g/mol. The van der Waals surface area contributed by atoms with E-state index >= 15 is 0 Å². The molecule has 0 amide bonds. The van der Waals surface area contributed by atoms with Crippen LogP contribution in [0.3, 0.4) is 0 Å². The molecule has 16 heteroatoms. The van der Waals surface area contributed by atoms with Crippen molar-refractivity contribution in [3.8, 4) is 5.75 Å². The van der Waals surface area contributed by atoms with Gasteiger partial charge in [0.2, 0.25) is 0 Å². The minimum Gasteiger partial charge on any atom is -0.548 e. The molecule has 3 atom stereocenters. The fourth-order valence-electron chi connectivity index (χ4n) is 3.68. The number of fused-ring (bicyclic) bond motifs is 1. The first-order valence-corrected chi connectivity index (χ1v) is 14.0. The van der Waals surface area contributed by atoms with Crippen LogP contribution >= 0.6 is 7.52 Å². The lowest BCUT2D eigenvalue weighted by Gasteiger charge is -2.38. The highest BCUT2D eigenvalue weighted by molar-refractivity contribution is 7.56. The summed E-state index contributed by atoms with van der Waals surface area (Å²) in [5.41, 5.74) is 6.87. The van der Waals surface area contributed by atoms with Gasteiger partial charge in [0.15, 0.2) is 11.5 Å². The van der Waals surface area contributed by atoms with Gasteiger partial charge in [0.05, 0.1) is 31.0 Å². The average Bonchev–Trinajstić information content (AvgIpc) is 3.31. The molecule has 4 N–H and O–H groups in total. The number of imidazole rings is 1. The number of ether oxygens (including phenoxy) is 1. The second kappa shape index (κ2) is 14.9. The SMILES string of the molecule is CC(C)N([C@@H](C)C(=O)[O-])[P@@](=O)(CO[C@H](C)Cn1cnc2c(N)ncnc21)Oc1ccccc1.O=C(O)/C=C/C(=O)O. The third kappa shape index (κ3) is 9.67. The molecule has 0 spiro atoms. The maximum Gasteiger partial charge on any atom is 0.345 e. The Morgan fingerprint density at radius 1 is 1.07 bits per heavy atom. The molecule has 222 valence electrons. The van der Waals surface area contributed by atoms with E-state index in [2.05, 4.69) is 15.0 Å². The molecule has 1 aromatic carbocycles. The predicted molar refractivity (Wildman–Crippen MR) is 146 cm³/mol. The van der Waals surface area contributed by atoms with Crippen molar-refractivity contribution >= 4 is 42.4 Å². The van der Waals surface area contributed by atoms with Crippen LogP contribution in [0.1, 0.15) is 27.7 Å². The monoisotopic (exact) mass is 591 g/mol. The molecule has 0 fully saturated rings. The van der Waals surface area contributed by atoms with Gasteiger partial charge < -0.3 is 39.7 Å². The summed E-state index contributed by atoms with van der Waals surface area (Å²) in [4.78, 5) is 43.1. The third-order valence-corrected chi connectivity index (χ3v) is 7.87. The zero-order valence-corrected chi connectivity index (χ0v) is 23.7. The number of nitrogens with zero attached hydrogens (tertiary/aromatic N) is 5. The van der Waals surface area contributed by atoms with Gasteiger partial charge in [0, 0.05) is 18.2 Å². The molecule has 41 heavy (non-hydrogen) atoms. The molecule has 2 heterocycles. The number of benzene rings is 1. The Labute approximate surface area is 235 Å². The lowest BCUT2D eigenvalue weighted by atomic mass is 10.3. The third-order valence-electron chi connectivity index (χ3n) is 5.38. The highest BCUT2D eigenvalue weighted by Crippen LogP contribution is 2.53. The van der Waals surface area contributed by atoms with Crippen molar-refractivity contribution in [1.82, 2.24) is 24.2 Å². The summed E-state index contributed by atoms with van der Waals surface area (Å²) in [5.74, 6) is -3.24. The molecule has 0 aliphatic carbocycles. The molecule has 3 aromatic rings. The van der Waals surface area contributed by atoms with Crippen LogP contribution in [0.4, 0.5) is 5.82 Å². The predicted octanol–water partition coefficient (Wildman–Crippen LogP) is 1.60. The molecule has 0 bridgehead atoms. The van der Waals surface area contributed by atoms with E-state index in [0.717, 1.165) is 0 Å². The fraction of sp³-hybridized carbons (Fsp3) is 0.360. The summed E-state index contributed by atoms with van der Waals surface area (Å²) in [5, 5.41) is 27.3. The number of rotatable bonds is 13. The Hall–Kier alpha value is -4.33. The molecular formula is C25H32N6O9P-. The largest absolute Gasteiger partial charge is 0.548 e. The zero-order valence-electron chi connectivity index (χ0n) is 22.9. The smallest absolute Gasteiger partial charge is 0.345 e. The van der Waals surface area contributed by atoms with Crippen LogP contribution in [0, 0.1) is 0 Å². The molecule has 0 saturated carbocycles. The zero-order chi connectivity index (χ0) is 30.7. The van der Waals surface area contributed by atoms with E-state index in [4.69, 9.17) is 25.2 Å². The minimum atomic E-state index is -3.80. The molecule has 0 aliphatic rings. The van der Waals surface area contributed by atoms with Crippen LogP contribution in [-0.2, 0) is 30.2 Å². The van der Waals surface area contributed by atoms with E-state index < -0.39 is 43.6 Å². The van der Waals surface area contributed by atoms with Gasteiger partial charge in [0.25, 0.3) is 0 Å². The molecule has 0 radical (unpaired) electrons. The van der Waals surface area contributed by atoms with Gasteiger partial charge in [-0.25, -0.2) is 29.2 Å². The van der Waals surface area contributed by atoms with Crippen LogP contribution in [0.2, 0.25) is 0 Å². The summed E-state index contributed by atoms with van der Waals surface area (Å²) >= 11 is 0. The van der Waals surface area contributed by atoms with Crippen molar-refractivity contribution in [3.63, 3.8) is 0 Å². The summed E-state index contributed by atoms with van der Waals surface area (Å²) in [6.45, 7) is 7.04. The van der Waals surface area contributed by atoms with Crippen molar-refractivity contribution in [1.29, 1.82) is 0 Å². The first kappa shape index (κ1) is 32.9. The van der Waals surface area contributed by atoms with Gasteiger partial charge in [-0.3, -0.25) is 4.57 Å². The first-order valence-electron chi connectivity index (χ1n) is 12.2. The number of hydrogen-bond donors (Lipinski definition) is 3. The summed E-state index contributed by atoms with van der Waals surface area (Å²) < 4.78 is 28.9. The lowest BCUT2D eigenvalue weighted by molar-refractivity contribution is -0.310. The van der Waals surface area contributed by atoms with E-state index in [9.17, 15) is 24.1 Å². The highest BCUT2D eigenvalue weighted by atomic mass is 31.2. The van der Waals surface area contributed by atoms with Crippen molar-refractivity contribution in [2.75, 3.05) is 12.1 Å². The molecule has 3 rings (SSSR count). The van der Waals surface area contributed by atoms with Crippen LogP contribution in [-0.4, -0.2) is 76.8 Å². The molecule has 15 nitrogen and oxygen atoms in total. The topological polar surface area (TPSA) is 223 Å². The minimum absolute atomic E-state index is 0.275. The number of aromatic nitrogens is 4. The number of carbonyl (C=O) groups is 3. The number of nitrogens with two attached hydrogens (primary N) is 1. The van der Waals surface area contributed by atoms with Crippen LogP contribution in [0.25, 0.3) is 11.2 Å². The van der Waals surface area contributed by atoms with Crippen LogP contribution in [0.5, 0.6) is 5.75 Å². The quantitative estimate of drug-likeness (QED) is 0.190. The molecule has 0 unspecified atom stereocenters. The van der Waals surface area contributed by atoms with E-state index in [-0.39, 0.29) is 12.2 Å². The molecule has 0 aliphatic heterocycles. The van der Waals surface area contributed by atoms with Gasteiger partial charge in [-0.05, 0) is 39.8 Å². The van der Waals surface area contributed by atoms with E-state index in [1.54, 1.807) is 62.0 Å². The maximum atomic E-state index is 14.1. The first-order chi connectivity index (χ1) is 19.2. The number of carbonyl (C=O) groups excluding carboxylic acids is 1. The van der Waals surface area contributed by atoms with E-state index in [1.807, 2.05) is 0 Å². The Balaban J connectivity index is 0.000000642. The molecule has 2 aromatic heterocycles. The Morgan fingerprint density at radius 2 is 1.68 bits per heavy atom. The van der Waals surface area contributed by atoms with Gasteiger partial charge in [-0.15, -0.1) is 0 Å². The number of anilines is 1. The number of hydrogen-bond acceptors (Lipinski definition) is 11. The Bertz CT molecular complexity index is 1400. The van der Waals surface area contributed by atoms with Crippen LogP contribution < -0.4 is 15.4 Å². The van der Waals surface area contributed by atoms with Gasteiger partial charge in [-0.1, -0.05) is 18.2 Å². The second-order valence-electron chi connectivity index (χ2n) is 8.95. The standard InChI is InChI=1S/C21H29N6O5P.C4H4O4/c1-14(2)27(16(4)21(28)29)33(30,32-17-8-6-5-7-9-17)13-31-15(3)10-26-12-25-18-19(22)23-11-24-20(18)26;5-3(6)1-2-4(7)8/h5-9,11-12,14-16H,10,13H2,1-4H3,(H,28,29)(H2,22,23,24);1-2H,(H,5,6)(H,7,8)/p-1/b;2-1+/t15-,16+,33-;/m1./s1.